The molecule has 1 heterocycles. The Bertz CT molecular complexity index is 624. The molecule has 1 fully saturated rings. The summed E-state index contributed by atoms with van der Waals surface area (Å²) in [5.74, 6) is -0.479. The van der Waals surface area contributed by atoms with Crippen molar-refractivity contribution in [2.75, 3.05) is 27.2 Å². The van der Waals surface area contributed by atoms with Gasteiger partial charge in [-0.05, 0) is 24.8 Å². The summed E-state index contributed by atoms with van der Waals surface area (Å²) in [6, 6.07) is 2.70. The van der Waals surface area contributed by atoms with Gasteiger partial charge in [-0.1, -0.05) is 0 Å². The number of methoxy groups -OCH3 is 1. The Morgan fingerprint density at radius 2 is 2.19 bits per heavy atom. The van der Waals surface area contributed by atoms with Gasteiger partial charge in [0.15, 0.2) is 11.5 Å². The molecular weight excluding hydrogens is 276 g/mol. The minimum Gasteiger partial charge on any atom is -0.500 e. The number of nitrogens with zero attached hydrogens (tertiary/aromatic N) is 2. The number of piperidine rings is 1. The van der Waals surface area contributed by atoms with Crippen LogP contribution in [-0.4, -0.2) is 48.0 Å². The van der Waals surface area contributed by atoms with Crippen LogP contribution >= 0.6 is 0 Å². The van der Waals surface area contributed by atoms with E-state index in [9.17, 15) is 20.0 Å². The van der Waals surface area contributed by atoms with Crippen molar-refractivity contribution in [2.24, 2.45) is 0 Å². The van der Waals surface area contributed by atoms with Gasteiger partial charge < -0.3 is 14.7 Å². The fourth-order valence-corrected chi connectivity index (χ4v) is 2.23. The van der Waals surface area contributed by atoms with Gasteiger partial charge in [0, 0.05) is 31.1 Å². The van der Waals surface area contributed by atoms with Crippen LogP contribution in [0.2, 0.25) is 0 Å². The van der Waals surface area contributed by atoms with Crippen LogP contribution in [0.15, 0.2) is 17.7 Å². The maximum atomic E-state index is 11.9. The second-order valence-electron chi connectivity index (χ2n) is 4.93. The first-order chi connectivity index (χ1) is 9.92. The van der Waals surface area contributed by atoms with E-state index in [4.69, 9.17) is 4.74 Å². The maximum Gasteiger partial charge on any atom is 0.315 e. The smallest absolute Gasteiger partial charge is 0.315 e. The second kappa shape index (κ2) is 5.92. The molecule has 21 heavy (non-hydrogen) atoms. The Balaban J connectivity index is 2.46. The number of benzene rings is 1. The molecule has 1 aromatic rings. The molecule has 0 unspecified atom stereocenters. The molecule has 112 valence electrons. The Hall–Kier alpha value is -2.41. The van der Waals surface area contributed by atoms with Gasteiger partial charge in [0.25, 0.3) is 0 Å². The summed E-state index contributed by atoms with van der Waals surface area (Å²) in [6.45, 7) is 1.20. The van der Waals surface area contributed by atoms with Gasteiger partial charge in [-0.15, -0.1) is 0 Å². The molecule has 0 aromatic heterocycles. The number of hydrogen-bond donors (Lipinski definition) is 1. The fourth-order valence-electron chi connectivity index (χ4n) is 2.23. The van der Waals surface area contributed by atoms with Gasteiger partial charge >= 0.3 is 5.69 Å². The number of likely N-dealkylation sites (tertiary alicyclic amines) is 1. The average Bonchev–Trinajstić information content (AvgIpc) is 2.44. The Labute approximate surface area is 121 Å². The molecule has 7 nitrogen and oxygen atoms in total. The Kier molecular flexibility index (Phi) is 4.23. The van der Waals surface area contributed by atoms with Crippen molar-refractivity contribution in [2.45, 2.75) is 6.42 Å². The Morgan fingerprint density at radius 1 is 1.48 bits per heavy atom. The van der Waals surface area contributed by atoms with Crippen molar-refractivity contribution >= 4 is 17.5 Å². The molecule has 0 saturated carbocycles. The number of aromatic hydroxyl groups is 1. The molecule has 1 aromatic carbocycles. The van der Waals surface area contributed by atoms with Crippen LogP contribution in [0.3, 0.4) is 0 Å². The van der Waals surface area contributed by atoms with Crippen LogP contribution in [0.1, 0.15) is 12.0 Å². The van der Waals surface area contributed by atoms with Crippen LogP contribution in [0.5, 0.6) is 11.5 Å². The largest absolute Gasteiger partial charge is 0.500 e. The lowest BCUT2D eigenvalue weighted by atomic mass is 10.0. The number of carbonyl (C=O) groups is 1. The molecule has 0 spiro atoms. The molecule has 1 aliphatic heterocycles. The molecule has 2 rings (SSSR count). The molecule has 1 N–H and O–H groups in total. The third-order valence-electron chi connectivity index (χ3n) is 3.35. The lowest BCUT2D eigenvalue weighted by molar-refractivity contribution is -0.386. The third-order valence-corrected chi connectivity index (χ3v) is 3.35. The number of phenols is 1. The van der Waals surface area contributed by atoms with E-state index < -0.39 is 16.4 Å². The topological polar surface area (TPSA) is 92.9 Å². The predicted octanol–water partition coefficient (Wildman–Crippen LogP) is 1.60. The highest BCUT2D eigenvalue weighted by atomic mass is 16.6. The summed E-state index contributed by atoms with van der Waals surface area (Å²) in [5, 5.41) is 20.7. The molecule has 0 amide bonds. The zero-order chi connectivity index (χ0) is 15.6. The van der Waals surface area contributed by atoms with E-state index in [1.165, 1.54) is 19.2 Å². The number of nitro benzene ring substituents is 1. The minimum atomic E-state index is -0.686. The molecule has 0 radical (unpaired) electrons. The third kappa shape index (κ3) is 3.19. The molecular formula is C14H16N2O5. The zero-order valence-corrected chi connectivity index (χ0v) is 11.8. The van der Waals surface area contributed by atoms with Crippen LogP contribution < -0.4 is 4.74 Å². The molecule has 7 heteroatoms. The highest BCUT2D eigenvalue weighted by Gasteiger charge is 2.22. The molecule has 0 atom stereocenters. The normalized spacial score (nSPS) is 18.0. The number of ether oxygens (including phenoxy) is 1. The number of carbonyl (C=O) groups excluding carboxylic acids is 1. The van der Waals surface area contributed by atoms with Crippen LogP contribution in [0.25, 0.3) is 6.08 Å². The quantitative estimate of drug-likeness (QED) is 0.516. The van der Waals surface area contributed by atoms with Crippen molar-refractivity contribution in [1.82, 2.24) is 4.90 Å². The summed E-state index contributed by atoms with van der Waals surface area (Å²) < 4.78 is 4.93. The predicted molar refractivity (Wildman–Crippen MR) is 76.4 cm³/mol. The number of likely N-dealkylation sites (N-methyl/N-ethyl adjacent to an activating group) is 1. The summed E-state index contributed by atoms with van der Waals surface area (Å²) >= 11 is 0. The van der Waals surface area contributed by atoms with Crippen LogP contribution in [0.4, 0.5) is 5.69 Å². The fraction of sp³-hybridized carbons (Fsp3) is 0.357. The van der Waals surface area contributed by atoms with Gasteiger partial charge in [-0.25, -0.2) is 0 Å². The number of ketones is 1. The van der Waals surface area contributed by atoms with Crippen molar-refractivity contribution < 1.29 is 19.6 Å². The van der Waals surface area contributed by atoms with E-state index in [1.54, 1.807) is 6.08 Å². The van der Waals surface area contributed by atoms with Crippen molar-refractivity contribution in [3.63, 3.8) is 0 Å². The highest BCUT2D eigenvalue weighted by Crippen LogP contribution is 2.37. The van der Waals surface area contributed by atoms with E-state index in [2.05, 4.69) is 0 Å². The molecule has 0 aliphatic carbocycles. The van der Waals surface area contributed by atoms with Gasteiger partial charge in [0.05, 0.1) is 12.0 Å². The zero-order valence-electron chi connectivity index (χ0n) is 11.8. The first-order valence-corrected chi connectivity index (χ1v) is 6.40. The van der Waals surface area contributed by atoms with Crippen molar-refractivity contribution in [1.29, 1.82) is 0 Å². The number of rotatable bonds is 3. The van der Waals surface area contributed by atoms with Gasteiger partial charge in [0.1, 0.15) is 0 Å². The monoisotopic (exact) mass is 292 g/mol. The summed E-state index contributed by atoms with van der Waals surface area (Å²) in [5.41, 5.74) is 0.596. The minimum absolute atomic E-state index is 0.00710. The SMILES string of the molecule is COc1cc(/C=C2\CN(C)CCC2=O)cc([N+](=O)[O-])c1O. The number of nitro groups is 1. The number of phenolic OH excluding ortho intramolecular Hbond substituents is 1. The molecule has 1 saturated heterocycles. The standard InChI is InChI=1S/C14H16N2O5/c1-15-4-3-12(17)10(8-15)5-9-6-11(16(19)20)14(18)13(7-9)21-2/h5-7,18H,3-4,8H2,1-2H3/b10-5+. The number of hydrogen-bond acceptors (Lipinski definition) is 6. The van der Waals surface area contributed by atoms with E-state index in [0.717, 1.165) is 0 Å². The lowest BCUT2D eigenvalue weighted by Crippen LogP contribution is -2.32. The van der Waals surface area contributed by atoms with E-state index in [-0.39, 0.29) is 11.5 Å². The van der Waals surface area contributed by atoms with E-state index >= 15 is 0 Å². The van der Waals surface area contributed by atoms with Crippen molar-refractivity contribution in [3.05, 3.63) is 33.4 Å². The lowest BCUT2D eigenvalue weighted by Gasteiger charge is -2.23. The van der Waals surface area contributed by atoms with Crippen molar-refractivity contribution in [3.8, 4) is 11.5 Å². The first kappa shape index (κ1) is 15.0. The van der Waals surface area contributed by atoms with Gasteiger partial charge in [0.2, 0.25) is 5.75 Å². The van der Waals surface area contributed by atoms with E-state index in [1.807, 2.05) is 11.9 Å². The van der Waals surface area contributed by atoms with Crippen LogP contribution in [-0.2, 0) is 4.79 Å². The summed E-state index contributed by atoms with van der Waals surface area (Å²) in [6.07, 6.45) is 2.03. The second-order valence-corrected chi connectivity index (χ2v) is 4.93. The number of Topliss-reactive ketones (excluding diaryl/α,β-unsaturated/α-hetero) is 1. The molecule has 1 aliphatic rings. The summed E-state index contributed by atoms with van der Waals surface area (Å²) in [7, 11) is 3.22. The maximum absolute atomic E-state index is 11.9. The van der Waals surface area contributed by atoms with Gasteiger partial charge in [-0.2, -0.15) is 0 Å². The Morgan fingerprint density at radius 3 is 2.81 bits per heavy atom. The summed E-state index contributed by atoms with van der Waals surface area (Å²) in [4.78, 5) is 24.1. The first-order valence-electron chi connectivity index (χ1n) is 6.40. The van der Waals surface area contributed by atoms with Gasteiger partial charge in [-0.3, -0.25) is 14.9 Å². The van der Waals surface area contributed by atoms with E-state index in [0.29, 0.717) is 30.6 Å². The highest BCUT2D eigenvalue weighted by molar-refractivity contribution is 6.00. The molecule has 0 bridgehead atoms. The van der Waals surface area contributed by atoms with Crippen LogP contribution in [0, 0.1) is 10.1 Å². The average molecular weight is 292 g/mol.